The Balaban J connectivity index is 0.00000106. The van der Waals surface area contributed by atoms with Gasteiger partial charge in [-0.25, -0.2) is 0 Å². The van der Waals surface area contributed by atoms with Gasteiger partial charge in [-0.3, -0.25) is 4.99 Å². The molecule has 0 fully saturated rings. The van der Waals surface area contributed by atoms with E-state index < -0.39 is 0 Å². The van der Waals surface area contributed by atoms with Crippen LogP contribution in [-0.2, 0) is 0 Å². The molecular weight excluding hydrogens is 200 g/mol. The fraction of sp³-hybridized carbons (Fsp3) is 0.308. The largest absolute Gasteiger partial charge is 0.439 e. The summed E-state index contributed by atoms with van der Waals surface area (Å²) < 4.78 is 5.47. The van der Waals surface area contributed by atoms with Crippen LogP contribution in [0, 0.1) is 0 Å². The molecule has 0 heterocycles. The molecule has 0 aromatic heterocycles. The third-order valence-electron chi connectivity index (χ3n) is 1.61. The Morgan fingerprint density at radius 2 is 2.06 bits per heavy atom. The van der Waals surface area contributed by atoms with Crippen LogP contribution in [0.4, 0.5) is 5.69 Å². The summed E-state index contributed by atoms with van der Waals surface area (Å²) in [5.74, 6) is 1.27. The maximum atomic E-state index is 5.61. The highest BCUT2D eigenvalue weighted by Crippen LogP contribution is 2.14. The summed E-state index contributed by atoms with van der Waals surface area (Å²) in [6, 6.07) is 7.25. The molecule has 0 aliphatic rings. The van der Waals surface area contributed by atoms with Crippen molar-refractivity contribution in [3.63, 3.8) is 0 Å². The SMILES string of the molecule is C/C=C\C(=NC)Oc1cccc(N)c1.CC. The molecule has 0 aliphatic heterocycles. The van der Waals surface area contributed by atoms with E-state index in [2.05, 4.69) is 4.99 Å². The van der Waals surface area contributed by atoms with Gasteiger partial charge in [-0.15, -0.1) is 0 Å². The van der Waals surface area contributed by atoms with Crippen molar-refractivity contribution in [3.05, 3.63) is 36.4 Å². The van der Waals surface area contributed by atoms with Crippen molar-refractivity contribution in [1.29, 1.82) is 0 Å². The number of allylic oxidation sites excluding steroid dienone is 1. The van der Waals surface area contributed by atoms with Gasteiger partial charge in [-0.05, 0) is 25.1 Å². The minimum absolute atomic E-state index is 0.568. The van der Waals surface area contributed by atoms with E-state index in [-0.39, 0.29) is 0 Å². The average molecular weight is 220 g/mol. The number of benzene rings is 1. The fourth-order valence-corrected chi connectivity index (χ4v) is 0.996. The van der Waals surface area contributed by atoms with E-state index in [9.17, 15) is 0 Å². The normalized spacial score (nSPS) is 10.9. The summed E-state index contributed by atoms with van der Waals surface area (Å²) in [6.07, 6.45) is 3.66. The third kappa shape index (κ3) is 5.20. The summed E-state index contributed by atoms with van der Waals surface area (Å²) in [5, 5.41) is 0. The summed E-state index contributed by atoms with van der Waals surface area (Å²) in [4.78, 5) is 3.97. The highest BCUT2D eigenvalue weighted by Gasteiger charge is 1.97. The van der Waals surface area contributed by atoms with Gasteiger partial charge in [0.1, 0.15) is 5.75 Å². The molecule has 0 radical (unpaired) electrons. The quantitative estimate of drug-likeness (QED) is 0.472. The zero-order valence-corrected chi connectivity index (χ0v) is 10.4. The summed E-state index contributed by atoms with van der Waals surface area (Å²) in [6.45, 7) is 5.91. The average Bonchev–Trinajstić information content (AvgIpc) is 2.31. The van der Waals surface area contributed by atoms with Crippen LogP contribution in [0.1, 0.15) is 20.8 Å². The molecule has 3 heteroatoms. The minimum Gasteiger partial charge on any atom is -0.439 e. The van der Waals surface area contributed by atoms with E-state index in [4.69, 9.17) is 10.5 Å². The molecule has 0 saturated carbocycles. The van der Waals surface area contributed by atoms with Crippen LogP contribution in [0.2, 0.25) is 0 Å². The topological polar surface area (TPSA) is 47.6 Å². The van der Waals surface area contributed by atoms with Gasteiger partial charge in [-0.2, -0.15) is 0 Å². The first kappa shape index (κ1) is 14.2. The Labute approximate surface area is 97.7 Å². The number of anilines is 1. The number of hydrogen-bond donors (Lipinski definition) is 1. The summed E-state index contributed by atoms with van der Waals surface area (Å²) in [7, 11) is 1.68. The predicted octanol–water partition coefficient (Wildman–Crippen LogP) is 3.28. The standard InChI is InChI=1S/C11H14N2O.C2H6/c1-3-5-11(13-2)14-10-7-4-6-9(12)8-10;1-2/h3-8H,12H2,1-2H3;1-2H3/b5-3-,13-11?;. The molecule has 0 spiro atoms. The highest BCUT2D eigenvalue weighted by atomic mass is 16.5. The molecular formula is C13H20N2O. The van der Waals surface area contributed by atoms with Crippen LogP contribution >= 0.6 is 0 Å². The molecule has 0 unspecified atom stereocenters. The molecule has 16 heavy (non-hydrogen) atoms. The van der Waals surface area contributed by atoms with Crippen LogP contribution in [-0.4, -0.2) is 12.9 Å². The van der Waals surface area contributed by atoms with Crippen molar-refractivity contribution >= 4 is 11.6 Å². The van der Waals surface area contributed by atoms with Crippen LogP contribution in [0.25, 0.3) is 0 Å². The molecule has 88 valence electrons. The number of nitrogens with zero attached hydrogens (tertiary/aromatic N) is 1. The molecule has 0 aliphatic carbocycles. The van der Waals surface area contributed by atoms with E-state index in [1.54, 1.807) is 19.2 Å². The van der Waals surface area contributed by atoms with E-state index in [1.807, 2.05) is 45.0 Å². The van der Waals surface area contributed by atoms with Gasteiger partial charge in [0.05, 0.1) is 0 Å². The lowest BCUT2D eigenvalue weighted by Gasteiger charge is -2.04. The summed E-state index contributed by atoms with van der Waals surface area (Å²) in [5.41, 5.74) is 6.29. The van der Waals surface area contributed by atoms with Gasteiger partial charge < -0.3 is 10.5 Å². The molecule has 2 N–H and O–H groups in total. The molecule has 1 aromatic rings. The van der Waals surface area contributed by atoms with Crippen molar-refractivity contribution in [2.24, 2.45) is 4.99 Å². The highest BCUT2D eigenvalue weighted by molar-refractivity contribution is 5.89. The second-order valence-electron chi connectivity index (χ2n) is 2.74. The van der Waals surface area contributed by atoms with Crippen molar-refractivity contribution in [2.45, 2.75) is 20.8 Å². The van der Waals surface area contributed by atoms with Gasteiger partial charge in [0.2, 0.25) is 5.90 Å². The summed E-state index contributed by atoms with van der Waals surface area (Å²) >= 11 is 0. The van der Waals surface area contributed by atoms with Crippen molar-refractivity contribution < 1.29 is 4.74 Å². The maximum absolute atomic E-state index is 5.61. The minimum atomic E-state index is 0.568. The van der Waals surface area contributed by atoms with E-state index >= 15 is 0 Å². The molecule has 0 atom stereocenters. The van der Waals surface area contributed by atoms with Gasteiger partial charge in [-0.1, -0.05) is 26.0 Å². The number of hydrogen-bond acceptors (Lipinski definition) is 3. The number of nitrogens with two attached hydrogens (primary N) is 1. The molecule has 0 amide bonds. The first-order valence-electron chi connectivity index (χ1n) is 5.39. The smallest absolute Gasteiger partial charge is 0.214 e. The first-order chi connectivity index (χ1) is 7.76. The Bertz CT molecular complexity index is 357. The number of nitrogen functional groups attached to an aromatic ring is 1. The Kier molecular flexibility index (Phi) is 7.59. The lowest BCUT2D eigenvalue weighted by molar-refractivity contribution is 0.554. The first-order valence-corrected chi connectivity index (χ1v) is 5.39. The Hall–Kier alpha value is -1.77. The number of aliphatic imine (C=N–C) groups is 1. The fourth-order valence-electron chi connectivity index (χ4n) is 0.996. The molecule has 1 rings (SSSR count). The van der Waals surface area contributed by atoms with Crippen LogP contribution < -0.4 is 10.5 Å². The zero-order valence-electron chi connectivity index (χ0n) is 10.4. The Morgan fingerprint density at radius 1 is 1.38 bits per heavy atom. The Morgan fingerprint density at radius 3 is 2.56 bits per heavy atom. The third-order valence-corrected chi connectivity index (χ3v) is 1.61. The number of rotatable bonds is 2. The van der Waals surface area contributed by atoms with Crippen molar-refractivity contribution in [1.82, 2.24) is 0 Å². The van der Waals surface area contributed by atoms with Gasteiger partial charge in [0, 0.05) is 18.8 Å². The second-order valence-corrected chi connectivity index (χ2v) is 2.74. The maximum Gasteiger partial charge on any atom is 0.214 e. The van der Waals surface area contributed by atoms with Crippen LogP contribution in [0.15, 0.2) is 41.4 Å². The lowest BCUT2D eigenvalue weighted by Crippen LogP contribution is -2.04. The van der Waals surface area contributed by atoms with E-state index in [0.29, 0.717) is 17.3 Å². The van der Waals surface area contributed by atoms with Gasteiger partial charge in [0.15, 0.2) is 0 Å². The monoisotopic (exact) mass is 220 g/mol. The van der Waals surface area contributed by atoms with Crippen molar-refractivity contribution in [2.75, 3.05) is 12.8 Å². The zero-order chi connectivity index (χ0) is 12.4. The molecule has 1 aromatic carbocycles. The van der Waals surface area contributed by atoms with E-state index in [0.717, 1.165) is 0 Å². The lowest BCUT2D eigenvalue weighted by atomic mass is 10.3. The van der Waals surface area contributed by atoms with Crippen molar-refractivity contribution in [3.8, 4) is 5.75 Å². The van der Waals surface area contributed by atoms with Crippen LogP contribution in [0.5, 0.6) is 5.75 Å². The van der Waals surface area contributed by atoms with Gasteiger partial charge >= 0.3 is 0 Å². The van der Waals surface area contributed by atoms with Crippen LogP contribution in [0.3, 0.4) is 0 Å². The van der Waals surface area contributed by atoms with E-state index in [1.165, 1.54) is 0 Å². The second kappa shape index (κ2) is 8.53. The van der Waals surface area contributed by atoms with Gasteiger partial charge in [0.25, 0.3) is 0 Å². The predicted molar refractivity (Wildman–Crippen MR) is 71.0 cm³/mol. The molecule has 3 nitrogen and oxygen atoms in total. The molecule has 0 bridgehead atoms. The molecule has 0 saturated heterocycles. The number of ether oxygens (including phenoxy) is 1.